The Hall–Kier alpha value is -2.90. The first-order chi connectivity index (χ1) is 12.3. The van der Waals surface area contributed by atoms with Crippen molar-refractivity contribution in [3.05, 3.63) is 93.2 Å². The summed E-state index contributed by atoms with van der Waals surface area (Å²) in [4.78, 5) is 16.5. The van der Waals surface area contributed by atoms with Gasteiger partial charge in [0, 0.05) is 17.0 Å². The zero-order valence-electron chi connectivity index (χ0n) is 13.6. The number of rotatable bonds is 2. The van der Waals surface area contributed by atoms with Crippen molar-refractivity contribution in [3.8, 4) is 6.07 Å². The number of hydrogen-bond donors (Lipinski definition) is 0. The lowest BCUT2D eigenvalue weighted by Crippen LogP contribution is -2.40. The molecule has 3 aromatic rings. The van der Waals surface area contributed by atoms with Gasteiger partial charge in [-0.15, -0.1) is 11.3 Å². The standard InChI is InChI=1S/C21H16N2OS/c22-14-15-5-4-8-17(13-15)21(24)23-11-9-19-18(10-12-25-19)20(23)16-6-2-1-3-7-16/h1-8,10,12-13,20H,9,11H2. The minimum absolute atomic E-state index is 0.0252. The van der Waals surface area contributed by atoms with Gasteiger partial charge in [0.2, 0.25) is 0 Å². The number of carbonyl (C=O) groups excluding carboxylic acids is 1. The Balaban J connectivity index is 1.77. The van der Waals surface area contributed by atoms with Crippen LogP contribution in [0.3, 0.4) is 0 Å². The molecule has 0 spiro atoms. The third kappa shape index (κ3) is 2.84. The van der Waals surface area contributed by atoms with Gasteiger partial charge in [0.15, 0.2) is 0 Å². The number of amides is 1. The molecule has 4 rings (SSSR count). The van der Waals surface area contributed by atoms with Gasteiger partial charge in [-0.3, -0.25) is 4.79 Å². The quantitative estimate of drug-likeness (QED) is 0.691. The van der Waals surface area contributed by atoms with Crippen molar-refractivity contribution in [1.29, 1.82) is 5.26 Å². The van der Waals surface area contributed by atoms with Crippen molar-refractivity contribution in [2.75, 3.05) is 6.54 Å². The molecule has 25 heavy (non-hydrogen) atoms. The van der Waals surface area contributed by atoms with E-state index in [9.17, 15) is 4.79 Å². The lowest BCUT2D eigenvalue weighted by Gasteiger charge is -2.36. The summed E-state index contributed by atoms with van der Waals surface area (Å²) < 4.78 is 0. The Bertz CT molecular complexity index is 955. The van der Waals surface area contributed by atoms with E-state index in [1.807, 2.05) is 23.1 Å². The zero-order valence-corrected chi connectivity index (χ0v) is 14.4. The van der Waals surface area contributed by atoms with Gasteiger partial charge in [0.25, 0.3) is 5.91 Å². The lowest BCUT2D eigenvalue weighted by molar-refractivity contribution is 0.0696. The highest BCUT2D eigenvalue weighted by molar-refractivity contribution is 7.10. The van der Waals surface area contributed by atoms with Crippen LogP contribution in [0, 0.1) is 11.3 Å². The van der Waals surface area contributed by atoms with E-state index in [4.69, 9.17) is 5.26 Å². The second kappa shape index (κ2) is 6.54. The second-order valence-corrected chi connectivity index (χ2v) is 7.05. The SMILES string of the molecule is N#Cc1cccc(C(=O)N2CCc3sccc3C2c2ccccc2)c1. The van der Waals surface area contributed by atoms with Gasteiger partial charge in [-0.05, 0) is 47.2 Å². The molecule has 0 aliphatic carbocycles. The molecular weight excluding hydrogens is 328 g/mol. The molecule has 0 saturated carbocycles. The van der Waals surface area contributed by atoms with Gasteiger partial charge in [-0.2, -0.15) is 5.26 Å². The molecule has 3 nitrogen and oxygen atoms in total. The molecule has 0 fully saturated rings. The van der Waals surface area contributed by atoms with Crippen molar-refractivity contribution in [3.63, 3.8) is 0 Å². The highest BCUT2D eigenvalue weighted by atomic mass is 32.1. The van der Waals surface area contributed by atoms with Gasteiger partial charge < -0.3 is 4.90 Å². The van der Waals surface area contributed by atoms with Crippen molar-refractivity contribution >= 4 is 17.2 Å². The molecule has 1 aliphatic rings. The number of benzene rings is 2. The Morgan fingerprint density at radius 1 is 1.12 bits per heavy atom. The molecule has 1 unspecified atom stereocenters. The lowest BCUT2D eigenvalue weighted by atomic mass is 9.92. The van der Waals surface area contributed by atoms with Gasteiger partial charge in [0.1, 0.15) is 0 Å². The van der Waals surface area contributed by atoms with Crippen LogP contribution in [0.1, 0.15) is 38.0 Å². The second-order valence-electron chi connectivity index (χ2n) is 6.05. The van der Waals surface area contributed by atoms with E-state index in [1.54, 1.807) is 35.6 Å². The summed E-state index contributed by atoms with van der Waals surface area (Å²) in [6.07, 6.45) is 0.875. The summed E-state index contributed by atoms with van der Waals surface area (Å²) in [5, 5.41) is 11.2. The zero-order chi connectivity index (χ0) is 17.2. The molecular formula is C21H16N2OS. The summed E-state index contributed by atoms with van der Waals surface area (Å²) in [6, 6.07) is 21.3. The fraction of sp³-hybridized carbons (Fsp3) is 0.143. The Morgan fingerprint density at radius 3 is 2.76 bits per heavy atom. The number of nitrogens with zero attached hydrogens (tertiary/aromatic N) is 2. The van der Waals surface area contributed by atoms with Gasteiger partial charge in [0.05, 0.1) is 17.7 Å². The van der Waals surface area contributed by atoms with Crippen LogP contribution in [-0.2, 0) is 6.42 Å². The number of carbonyl (C=O) groups is 1. The summed E-state index contributed by atoms with van der Waals surface area (Å²) in [6.45, 7) is 0.683. The molecule has 1 aliphatic heterocycles. The molecule has 0 radical (unpaired) electrons. The molecule has 0 saturated heterocycles. The Morgan fingerprint density at radius 2 is 1.96 bits per heavy atom. The predicted octanol–water partition coefficient (Wildman–Crippen LogP) is 4.41. The minimum Gasteiger partial charge on any atom is -0.327 e. The third-order valence-electron chi connectivity index (χ3n) is 4.58. The molecule has 1 atom stereocenters. The first-order valence-corrected chi connectivity index (χ1v) is 9.08. The maximum absolute atomic E-state index is 13.2. The van der Waals surface area contributed by atoms with Crippen molar-refractivity contribution in [2.45, 2.75) is 12.5 Å². The Labute approximate surface area is 150 Å². The predicted molar refractivity (Wildman–Crippen MR) is 98.5 cm³/mol. The molecule has 0 bridgehead atoms. The molecule has 4 heteroatoms. The first kappa shape index (κ1) is 15.6. The van der Waals surface area contributed by atoms with Crippen LogP contribution in [0.5, 0.6) is 0 Å². The fourth-order valence-electron chi connectivity index (χ4n) is 3.42. The van der Waals surface area contributed by atoms with Crippen LogP contribution >= 0.6 is 11.3 Å². The van der Waals surface area contributed by atoms with Crippen LogP contribution < -0.4 is 0 Å². The van der Waals surface area contributed by atoms with Crippen LogP contribution in [-0.4, -0.2) is 17.4 Å². The van der Waals surface area contributed by atoms with E-state index in [-0.39, 0.29) is 11.9 Å². The van der Waals surface area contributed by atoms with Crippen molar-refractivity contribution < 1.29 is 4.79 Å². The number of hydrogen-bond acceptors (Lipinski definition) is 3. The monoisotopic (exact) mass is 344 g/mol. The smallest absolute Gasteiger partial charge is 0.254 e. The van der Waals surface area contributed by atoms with Crippen LogP contribution in [0.4, 0.5) is 0 Å². The molecule has 2 heterocycles. The number of fused-ring (bicyclic) bond motifs is 1. The fourth-order valence-corrected chi connectivity index (χ4v) is 4.32. The number of thiophene rings is 1. The third-order valence-corrected chi connectivity index (χ3v) is 5.58. The molecule has 0 N–H and O–H groups in total. The highest BCUT2D eigenvalue weighted by Gasteiger charge is 2.33. The molecule has 122 valence electrons. The van der Waals surface area contributed by atoms with Crippen molar-refractivity contribution in [1.82, 2.24) is 4.90 Å². The highest BCUT2D eigenvalue weighted by Crippen LogP contribution is 2.38. The number of nitriles is 1. The van der Waals surface area contributed by atoms with E-state index >= 15 is 0 Å². The van der Waals surface area contributed by atoms with E-state index in [0.29, 0.717) is 17.7 Å². The first-order valence-electron chi connectivity index (χ1n) is 8.20. The topological polar surface area (TPSA) is 44.1 Å². The molecule has 2 aromatic carbocycles. The summed E-state index contributed by atoms with van der Waals surface area (Å²) in [5.74, 6) is -0.0252. The van der Waals surface area contributed by atoms with E-state index in [0.717, 1.165) is 12.0 Å². The summed E-state index contributed by atoms with van der Waals surface area (Å²) in [5.41, 5.74) is 3.41. The van der Waals surface area contributed by atoms with E-state index in [1.165, 1.54) is 10.4 Å². The van der Waals surface area contributed by atoms with Gasteiger partial charge in [-0.25, -0.2) is 0 Å². The van der Waals surface area contributed by atoms with Crippen LogP contribution in [0.25, 0.3) is 0 Å². The minimum atomic E-state index is -0.0746. The average Bonchev–Trinajstić information content (AvgIpc) is 3.16. The van der Waals surface area contributed by atoms with E-state index < -0.39 is 0 Å². The Kier molecular flexibility index (Phi) is 4.09. The normalized spacial score (nSPS) is 16.1. The summed E-state index contributed by atoms with van der Waals surface area (Å²) in [7, 11) is 0. The van der Waals surface area contributed by atoms with Gasteiger partial charge in [-0.1, -0.05) is 36.4 Å². The average molecular weight is 344 g/mol. The van der Waals surface area contributed by atoms with Crippen molar-refractivity contribution in [2.24, 2.45) is 0 Å². The molecule has 1 aromatic heterocycles. The van der Waals surface area contributed by atoms with Crippen LogP contribution in [0.2, 0.25) is 0 Å². The summed E-state index contributed by atoms with van der Waals surface area (Å²) >= 11 is 1.76. The van der Waals surface area contributed by atoms with E-state index in [2.05, 4.69) is 29.6 Å². The maximum atomic E-state index is 13.2. The van der Waals surface area contributed by atoms with Gasteiger partial charge >= 0.3 is 0 Å². The maximum Gasteiger partial charge on any atom is 0.254 e. The van der Waals surface area contributed by atoms with Crippen LogP contribution in [0.15, 0.2) is 66.0 Å². The molecule has 1 amide bonds. The largest absolute Gasteiger partial charge is 0.327 e.